The molecule has 1 radical (unpaired) electrons. The van der Waals surface area contributed by atoms with Crippen molar-refractivity contribution < 1.29 is 4.42 Å². The molecule has 1 aliphatic rings. The van der Waals surface area contributed by atoms with Crippen LogP contribution in [-0.2, 0) is 10.8 Å². The number of nitrogens with one attached hydrogen (secondary N) is 1. The van der Waals surface area contributed by atoms with Crippen molar-refractivity contribution in [1.29, 1.82) is 0 Å². The molecule has 0 atom stereocenters. The second kappa shape index (κ2) is 13.4. The molecule has 60 heavy (non-hydrogen) atoms. The fraction of sp³-hybridized carbons (Fsp3) is 0.143. The number of aromatic nitrogens is 1. The quantitative estimate of drug-likeness (QED) is 0.177. The Morgan fingerprint density at radius 2 is 1.23 bits per heavy atom. The third-order valence-corrected chi connectivity index (χ3v) is 12.5. The van der Waals surface area contributed by atoms with Gasteiger partial charge in [-0.3, -0.25) is 0 Å². The molecule has 0 saturated heterocycles. The lowest BCUT2D eigenvalue weighted by Gasteiger charge is -2.28. The number of rotatable bonds is 5. The van der Waals surface area contributed by atoms with E-state index in [0.717, 1.165) is 61.5 Å². The molecule has 0 saturated carbocycles. The maximum absolute atomic E-state index is 6.96. The van der Waals surface area contributed by atoms with Crippen LogP contribution in [0.3, 0.4) is 0 Å². The summed E-state index contributed by atoms with van der Waals surface area (Å²) in [5, 5.41) is 10.00. The smallest absolute Gasteiger partial charge is 0.198 e. The first-order valence-electron chi connectivity index (χ1n) is 21.1. The number of anilines is 2. The van der Waals surface area contributed by atoms with E-state index in [1.54, 1.807) is 0 Å². The van der Waals surface area contributed by atoms with Crippen LogP contribution in [0, 0.1) is 0 Å². The third kappa shape index (κ3) is 5.73. The summed E-state index contributed by atoms with van der Waals surface area (Å²) >= 11 is 0. The van der Waals surface area contributed by atoms with Crippen LogP contribution in [0.2, 0.25) is 0 Å². The highest BCUT2D eigenvalue weighted by Gasteiger charge is 2.33. The fourth-order valence-electron chi connectivity index (χ4n) is 9.53. The number of benzene rings is 8. The van der Waals surface area contributed by atoms with Crippen LogP contribution in [0.15, 0.2) is 168 Å². The van der Waals surface area contributed by atoms with Gasteiger partial charge >= 0.3 is 0 Å². The van der Waals surface area contributed by atoms with Crippen LogP contribution in [0.25, 0.3) is 82.8 Å². The SMILES string of the molecule is CC(C)(C)c1ccc(Nc2ccccc2-c2cc(C(C)(C)C)c3c4ccc5ccccc5c4n4c3c2[B]c2cc3oc(-c5ccccc5)c(-c5ccccc5)c3cc2-4)cc1. The van der Waals surface area contributed by atoms with Crippen LogP contribution >= 0.6 is 0 Å². The van der Waals surface area contributed by atoms with Gasteiger partial charge in [0.2, 0.25) is 0 Å². The minimum Gasteiger partial charge on any atom is -0.455 e. The van der Waals surface area contributed by atoms with E-state index >= 15 is 0 Å². The molecule has 3 heterocycles. The molecule has 1 N–H and O–H groups in total. The summed E-state index contributed by atoms with van der Waals surface area (Å²) in [7, 11) is 2.42. The van der Waals surface area contributed by atoms with Gasteiger partial charge in [0.1, 0.15) is 11.3 Å². The van der Waals surface area contributed by atoms with Gasteiger partial charge in [0.25, 0.3) is 0 Å². The molecule has 8 aromatic carbocycles. The van der Waals surface area contributed by atoms with E-state index in [-0.39, 0.29) is 10.8 Å². The number of hydrogen-bond acceptors (Lipinski definition) is 2. The molecule has 0 spiro atoms. The highest BCUT2D eigenvalue weighted by Crippen LogP contribution is 2.47. The molecule has 0 fully saturated rings. The average molecular weight is 774 g/mol. The van der Waals surface area contributed by atoms with Gasteiger partial charge in [0.15, 0.2) is 7.28 Å². The number of hydrogen-bond donors (Lipinski definition) is 1. The van der Waals surface area contributed by atoms with Gasteiger partial charge in [-0.15, -0.1) is 0 Å². The molecule has 11 rings (SSSR count). The minimum atomic E-state index is -0.150. The Balaban J connectivity index is 1.23. The molecule has 0 bridgehead atoms. The molecule has 289 valence electrons. The zero-order valence-electron chi connectivity index (χ0n) is 35.0. The summed E-state index contributed by atoms with van der Waals surface area (Å²) in [6, 6.07) is 59.6. The van der Waals surface area contributed by atoms with E-state index in [1.807, 2.05) is 0 Å². The van der Waals surface area contributed by atoms with E-state index < -0.39 is 0 Å². The molecule has 0 amide bonds. The van der Waals surface area contributed by atoms with Gasteiger partial charge in [0.05, 0.1) is 5.52 Å². The first-order chi connectivity index (χ1) is 29.0. The Morgan fingerprint density at radius 1 is 0.550 bits per heavy atom. The Bertz CT molecular complexity index is 3300. The van der Waals surface area contributed by atoms with Crippen molar-refractivity contribution >= 4 is 73.1 Å². The zero-order valence-corrected chi connectivity index (χ0v) is 35.0. The maximum atomic E-state index is 6.96. The monoisotopic (exact) mass is 773 g/mol. The molecular formula is C56H46BN2O. The van der Waals surface area contributed by atoms with E-state index in [4.69, 9.17) is 4.42 Å². The van der Waals surface area contributed by atoms with Crippen LogP contribution in [-0.4, -0.2) is 11.8 Å². The number of furan rings is 1. The van der Waals surface area contributed by atoms with Gasteiger partial charge in [-0.05, 0) is 74.3 Å². The number of para-hydroxylation sites is 1. The van der Waals surface area contributed by atoms with Gasteiger partial charge in [-0.1, -0.05) is 180 Å². The molecule has 1 aliphatic heterocycles. The first kappa shape index (κ1) is 36.3. The van der Waals surface area contributed by atoms with Gasteiger partial charge in [-0.2, -0.15) is 0 Å². The maximum Gasteiger partial charge on any atom is 0.198 e. The topological polar surface area (TPSA) is 30.1 Å². The zero-order chi connectivity index (χ0) is 40.9. The predicted molar refractivity (Wildman–Crippen MR) is 257 cm³/mol. The van der Waals surface area contributed by atoms with Gasteiger partial charge in [0, 0.05) is 60.8 Å². The molecule has 0 aliphatic carbocycles. The summed E-state index contributed by atoms with van der Waals surface area (Å²) in [4.78, 5) is 0. The molecular weight excluding hydrogens is 727 g/mol. The summed E-state index contributed by atoms with van der Waals surface area (Å²) in [5.74, 6) is 0.885. The second-order valence-electron chi connectivity index (χ2n) is 18.5. The number of fused-ring (bicyclic) bond motifs is 8. The van der Waals surface area contributed by atoms with Gasteiger partial charge in [-0.25, -0.2) is 0 Å². The van der Waals surface area contributed by atoms with Crippen LogP contribution < -0.4 is 16.2 Å². The van der Waals surface area contributed by atoms with E-state index in [0.29, 0.717) is 0 Å². The molecule has 3 nitrogen and oxygen atoms in total. The Hall–Kier alpha value is -6.78. The third-order valence-electron chi connectivity index (χ3n) is 12.5. The van der Waals surface area contributed by atoms with E-state index in [2.05, 4.69) is 222 Å². The van der Waals surface area contributed by atoms with Crippen molar-refractivity contribution in [2.75, 3.05) is 5.32 Å². The van der Waals surface area contributed by atoms with Crippen molar-refractivity contribution in [1.82, 2.24) is 4.57 Å². The lowest BCUT2D eigenvalue weighted by atomic mass is 9.58. The van der Waals surface area contributed by atoms with Crippen molar-refractivity contribution in [2.24, 2.45) is 0 Å². The summed E-state index contributed by atoms with van der Waals surface area (Å²) in [6.45, 7) is 13.8. The van der Waals surface area contributed by atoms with Crippen molar-refractivity contribution in [3.05, 3.63) is 175 Å². The average Bonchev–Trinajstić information content (AvgIpc) is 3.80. The Labute approximate surface area is 352 Å². The standard InChI is InChI=1S/C56H46BN2O/c1-55(2,3)37-26-28-38(29-27-37)58-46-24-16-15-23-40(46)42-31-44(56(4,5)6)50-41-30-25-34-17-13-14-22-39(34)52(41)59-47-32-43-48(33-45(47)57-51(42)53(50)59)60-54(36-20-11-8-12-21-36)49(43)35-18-9-7-10-19-35/h7-33,58H,1-6H3. The molecule has 0 unspecified atom stereocenters. The highest BCUT2D eigenvalue weighted by atomic mass is 16.3. The first-order valence-corrected chi connectivity index (χ1v) is 21.1. The van der Waals surface area contributed by atoms with E-state index in [1.165, 1.54) is 54.7 Å². The Morgan fingerprint density at radius 3 is 1.97 bits per heavy atom. The van der Waals surface area contributed by atoms with Crippen molar-refractivity contribution in [2.45, 2.75) is 52.4 Å². The molecule has 10 aromatic rings. The molecule has 2 aromatic heterocycles. The number of nitrogens with zero attached hydrogens (tertiary/aromatic N) is 1. The van der Waals surface area contributed by atoms with E-state index in [9.17, 15) is 0 Å². The Kier molecular flexibility index (Phi) is 8.09. The highest BCUT2D eigenvalue weighted by molar-refractivity contribution is 6.74. The van der Waals surface area contributed by atoms with Crippen LogP contribution in [0.4, 0.5) is 11.4 Å². The lowest BCUT2D eigenvalue weighted by molar-refractivity contribution is 0.590. The summed E-state index contributed by atoms with van der Waals surface area (Å²) in [5.41, 5.74) is 17.3. The second-order valence-corrected chi connectivity index (χ2v) is 18.5. The van der Waals surface area contributed by atoms with Crippen molar-refractivity contribution in [3.8, 4) is 39.3 Å². The fourth-order valence-corrected chi connectivity index (χ4v) is 9.53. The van der Waals surface area contributed by atoms with Crippen LogP contribution in [0.5, 0.6) is 0 Å². The van der Waals surface area contributed by atoms with Crippen molar-refractivity contribution in [3.63, 3.8) is 0 Å². The predicted octanol–water partition coefficient (Wildman–Crippen LogP) is 14.0. The summed E-state index contributed by atoms with van der Waals surface area (Å²) < 4.78 is 9.54. The minimum absolute atomic E-state index is 0.0845. The summed E-state index contributed by atoms with van der Waals surface area (Å²) in [6.07, 6.45) is 0. The normalized spacial score (nSPS) is 12.6. The van der Waals surface area contributed by atoms with Crippen LogP contribution in [0.1, 0.15) is 52.7 Å². The molecule has 4 heteroatoms. The van der Waals surface area contributed by atoms with Gasteiger partial charge < -0.3 is 14.3 Å². The lowest BCUT2D eigenvalue weighted by Crippen LogP contribution is -2.37. The largest absolute Gasteiger partial charge is 0.455 e.